The van der Waals surface area contributed by atoms with Crippen LogP contribution in [0.15, 0.2) is 45.7 Å². The summed E-state index contributed by atoms with van der Waals surface area (Å²) in [7, 11) is 3.90. The van der Waals surface area contributed by atoms with Gasteiger partial charge in [0.15, 0.2) is 0 Å². The molecule has 0 saturated carbocycles. The minimum absolute atomic E-state index is 0.0750. The fourth-order valence-electron chi connectivity index (χ4n) is 3.34. The molecule has 29 heavy (non-hydrogen) atoms. The SMILES string of the molecule is CCN1CCc2c(cc(NC(=O)Cc3ccccc3Cl)cc2S/N=C/N(C)C)C1. The number of hydrogen-bond donors (Lipinski definition) is 1. The number of hydrogen-bond acceptors (Lipinski definition) is 4. The number of rotatable bonds is 7. The van der Waals surface area contributed by atoms with Crippen LogP contribution in [0.2, 0.25) is 5.02 Å². The minimum atomic E-state index is -0.0750. The molecule has 1 N–H and O–H groups in total. The maximum atomic E-state index is 12.6. The molecule has 0 aliphatic carbocycles. The second kappa shape index (κ2) is 10.1. The molecule has 0 atom stereocenters. The predicted octanol–water partition coefficient (Wildman–Crippen LogP) is 4.50. The first-order chi connectivity index (χ1) is 14.0. The summed E-state index contributed by atoms with van der Waals surface area (Å²) >= 11 is 7.65. The number of fused-ring (bicyclic) bond motifs is 1. The second-order valence-electron chi connectivity index (χ2n) is 7.32. The Morgan fingerprint density at radius 2 is 2.14 bits per heavy atom. The molecule has 3 rings (SSSR count). The first-order valence-electron chi connectivity index (χ1n) is 9.74. The Hall–Kier alpha value is -2.02. The van der Waals surface area contributed by atoms with Crippen LogP contribution in [0.5, 0.6) is 0 Å². The van der Waals surface area contributed by atoms with Gasteiger partial charge in [-0.2, -0.15) is 0 Å². The molecule has 7 heteroatoms. The number of nitrogens with zero attached hydrogens (tertiary/aromatic N) is 3. The minimum Gasteiger partial charge on any atom is -0.368 e. The number of carbonyl (C=O) groups is 1. The van der Waals surface area contributed by atoms with Crippen LogP contribution >= 0.6 is 23.5 Å². The highest BCUT2D eigenvalue weighted by atomic mass is 35.5. The van der Waals surface area contributed by atoms with Crippen LogP contribution in [0.4, 0.5) is 5.69 Å². The average molecular weight is 431 g/mol. The van der Waals surface area contributed by atoms with Gasteiger partial charge >= 0.3 is 0 Å². The van der Waals surface area contributed by atoms with Gasteiger partial charge in [-0.15, -0.1) is 0 Å². The van der Waals surface area contributed by atoms with Gasteiger partial charge in [-0.1, -0.05) is 36.7 Å². The average Bonchev–Trinajstić information content (AvgIpc) is 2.69. The van der Waals surface area contributed by atoms with Gasteiger partial charge in [-0.25, -0.2) is 4.40 Å². The molecule has 154 valence electrons. The van der Waals surface area contributed by atoms with E-state index in [0.717, 1.165) is 42.2 Å². The van der Waals surface area contributed by atoms with E-state index in [1.165, 1.54) is 23.1 Å². The molecule has 0 fully saturated rings. The Bertz CT molecular complexity index is 900. The second-order valence-corrected chi connectivity index (χ2v) is 8.56. The van der Waals surface area contributed by atoms with Crippen molar-refractivity contribution in [1.82, 2.24) is 9.80 Å². The number of nitrogens with one attached hydrogen (secondary N) is 1. The summed E-state index contributed by atoms with van der Waals surface area (Å²) < 4.78 is 4.46. The van der Waals surface area contributed by atoms with E-state index in [1.54, 1.807) is 12.4 Å². The smallest absolute Gasteiger partial charge is 0.228 e. The zero-order chi connectivity index (χ0) is 20.8. The lowest BCUT2D eigenvalue weighted by Crippen LogP contribution is -2.30. The molecule has 2 aromatic carbocycles. The maximum absolute atomic E-state index is 12.6. The van der Waals surface area contributed by atoms with Crippen LogP contribution in [-0.4, -0.2) is 49.2 Å². The Kier molecular flexibility index (Phi) is 7.58. The lowest BCUT2D eigenvalue weighted by Gasteiger charge is -2.29. The van der Waals surface area contributed by atoms with Crippen LogP contribution in [0.3, 0.4) is 0 Å². The van der Waals surface area contributed by atoms with E-state index in [-0.39, 0.29) is 12.3 Å². The van der Waals surface area contributed by atoms with Crippen LogP contribution in [0.1, 0.15) is 23.6 Å². The first-order valence-corrected chi connectivity index (χ1v) is 10.9. The molecule has 0 saturated heterocycles. The highest BCUT2D eigenvalue weighted by Crippen LogP contribution is 2.33. The molecule has 0 unspecified atom stereocenters. The molecule has 1 heterocycles. The highest BCUT2D eigenvalue weighted by molar-refractivity contribution is 7.98. The number of benzene rings is 2. The maximum Gasteiger partial charge on any atom is 0.228 e. The van der Waals surface area contributed by atoms with E-state index in [9.17, 15) is 4.79 Å². The summed E-state index contributed by atoms with van der Waals surface area (Å²) in [6.07, 6.45) is 3.04. The summed E-state index contributed by atoms with van der Waals surface area (Å²) in [5.74, 6) is -0.0750. The Morgan fingerprint density at radius 1 is 1.34 bits per heavy atom. The fraction of sp³-hybridized carbons (Fsp3) is 0.364. The van der Waals surface area contributed by atoms with Gasteiger partial charge < -0.3 is 10.2 Å². The van der Waals surface area contributed by atoms with E-state index in [4.69, 9.17) is 11.6 Å². The molecule has 5 nitrogen and oxygen atoms in total. The van der Waals surface area contributed by atoms with Gasteiger partial charge in [0.25, 0.3) is 0 Å². The van der Waals surface area contributed by atoms with E-state index in [0.29, 0.717) is 5.02 Å². The van der Waals surface area contributed by atoms with Gasteiger partial charge in [0, 0.05) is 54.7 Å². The van der Waals surface area contributed by atoms with E-state index in [2.05, 4.69) is 27.6 Å². The fourth-order valence-corrected chi connectivity index (χ4v) is 4.41. The molecule has 2 aromatic rings. The van der Waals surface area contributed by atoms with Crippen LogP contribution in [0, 0.1) is 0 Å². The predicted molar refractivity (Wildman–Crippen MR) is 123 cm³/mol. The van der Waals surface area contributed by atoms with Gasteiger partial charge in [-0.3, -0.25) is 9.69 Å². The molecule has 0 radical (unpaired) electrons. The van der Waals surface area contributed by atoms with Crippen molar-refractivity contribution in [2.75, 3.05) is 32.5 Å². The summed E-state index contributed by atoms with van der Waals surface area (Å²) in [4.78, 5) is 18.0. The highest BCUT2D eigenvalue weighted by Gasteiger charge is 2.20. The van der Waals surface area contributed by atoms with Crippen molar-refractivity contribution in [3.05, 3.63) is 58.1 Å². The quantitative estimate of drug-likeness (QED) is 0.399. The van der Waals surface area contributed by atoms with Gasteiger partial charge in [0.2, 0.25) is 5.91 Å². The molecule has 0 bridgehead atoms. The van der Waals surface area contributed by atoms with Crippen LogP contribution in [-0.2, 0) is 24.2 Å². The lowest BCUT2D eigenvalue weighted by atomic mass is 9.98. The number of carbonyl (C=O) groups excluding carboxylic acids is 1. The van der Waals surface area contributed by atoms with Crippen molar-refractivity contribution in [3.63, 3.8) is 0 Å². The number of anilines is 1. The molecule has 1 aliphatic heterocycles. The third-order valence-corrected chi connectivity index (χ3v) is 5.97. The summed E-state index contributed by atoms with van der Waals surface area (Å²) in [6, 6.07) is 11.6. The molecule has 1 aliphatic rings. The largest absolute Gasteiger partial charge is 0.368 e. The van der Waals surface area contributed by atoms with Crippen molar-refractivity contribution in [1.29, 1.82) is 0 Å². The number of likely N-dealkylation sites (N-methyl/N-ethyl adjacent to an activating group) is 1. The first kappa shape index (κ1) is 21.7. The van der Waals surface area contributed by atoms with Crippen LogP contribution < -0.4 is 5.32 Å². The van der Waals surface area contributed by atoms with E-state index >= 15 is 0 Å². The van der Waals surface area contributed by atoms with Gasteiger partial charge in [0.1, 0.15) is 0 Å². The third-order valence-electron chi connectivity index (χ3n) is 4.84. The van der Waals surface area contributed by atoms with Crippen LogP contribution in [0.25, 0.3) is 0 Å². The zero-order valence-electron chi connectivity index (χ0n) is 17.1. The van der Waals surface area contributed by atoms with Crippen molar-refractivity contribution in [3.8, 4) is 0 Å². The Labute approximate surface area is 182 Å². The van der Waals surface area contributed by atoms with Crippen molar-refractivity contribution in [2.24, 2.45) is 4.40 Å². The topological polar surface area (TPSA) is 47.9 Å². The van der Waals surface area contributed by atoms with Crippen molar-refractivity contribution in [2.45, 2.75) is 31.2 Å². The molecule has 0 aromatic heterocycles. The van der Waals surface area contributed by atoms with E-state index < -0.39 is 0 Å². The molecule has 0 spiro atoms. The van der Waals surface area contributed by atoms with Gasteiger partial charge in [0.05, 0.1) is 12.8 Å². The van der Waals surface area contributed by atoms with Crippen molar-refractivity contribution >= 4 is 41.5 Å². The Balaban J connectivity index is 1.82. The van der Waals surface area contributed by atoms with Gasteiger partial charge in [-0.05, 0) is 47.9 Å². The normalized spacial score (nSPS) is 14.1. The summed E-state index contributed by atoms with van der Waals surface area (Å²) in [6.45, 7) is 5.14. The summed E-state index contributed by atoms with van der Waals surface area (Å²) in [5, 5.41) is 3.66. The summed E-state index contributed by atoms with van der Waals surface area (Å²) in [5.41, 5.74) is 4.23. The Morgan fingerprint density at radius 3 is 2.86 bits per heavy atom. The number of amides is 1. The molecule has 1 amide bonds. The standard InChI is InChI=1S/C22H27ClN4OS/c1-4-27-10-9-19-17(14-27)11-18(13-21(19)29-24-15-26(2)3)25-22(28)12-16-7-5-6-8-20(16)23/h5-8,11,13,15H,4,9-10,12,14H2,1-3H3,(H,25,28)/b24-15+. The third kappa shape index (κ3) is 5.98. The van der Waals surface area contributed by atoms with E-state index in [1.807, 2.05) is 43.3 Å². The lowest BCUT2D eigenvalue weighted by molar-refractivity contribution is -0.115. The monoisotopic (exact) mass is 430 g/mol. The zero-order valence-corrected chi connectivity index (χ0v) is 18.7. The molecular formula is C22H27ClN4OS. The molecular weight excluding hydrogens is 404 g/mol. The van der Waals surface area contributed by atoms with Crippen molar-refractivity contribution < 1.29 is 4.79 Å². The number of halogens is 1.